The maximum Gasteiger partial charge on any atom is 0.417 e. The summed E-state index contributed by atoms with van der Waals surface area (Å²) >= 11 is 0. The van der Waals surface area contributed by atoms with Crippen molar-refractivity contribution in [2.45, 2.75) is 63.3 Å². The third-order valence-corrected chi connectivity index (χ3v) is 16.2. The molecule has 0 N–H and O–H groups in total. The fourth-order valence-electron chi connectivity index (χ4n) is 12.0. The van der Waals surface area contributed by atoms with E-state index in [1.807, 2.05) is 6.07 Å². The zero-order valence-corrected chi connectivity index (χ0v) is 48.8. The van der Waals surface area contributed by atoms with Gasteiger partial charge in [-0.2, -0.15) is 111 Å². The van der Waals surface area contributed by atoms with E-state index in [4.69, 9.17) is 0 Å². The molecule has 3 aromatic heterocycles. The second-order valence-corrected chi connectivity index (χ2v) is 22.4. The van der Waals surface area contributed by atoms with Crippen molar-refractivity contribution < 1.29 is 105 Å². The Morgan fingerprint density at radius 3 is 0.776 bits per heavy atom. The van der Waals surface area contributed by atoms with Gasteiger partial charge in [0.1, 0.15) is 11.6 Å². The summed E-state index contributed by atoms with van der Waals surface area (Å²) in [6.07, 6.45) is -43.6. The van der Waals surface area contributed by atoms with Crippen molar-refractivity contribution in [1.29, 1.82) is 5.26 Å². The number of nitrogens with zero attached hydrogens (tertiary/aromatic N) is 6. The van der Waals surface area contributed by atoms with E-state index >= 15 is 52.7 Å². The van der Waals surface area contributed by atoms with Crippen LogP contribution in [0, 0.1) is 25.2 Å². The average Bonchev–Trinajstić information content (AvgIpc) is 1.55. The monoisotopic (exact) mass is 1390 g/mol. The van der Waals surface area contributed by atoms with Crippen molar-refractivity contribution in [3.63, 3.8) is 0 Å². The zero-order chi connectivity index (χ0) is 71.3. The van der Waals surface area contributed by atoms with E-state index in [-0.39, 0.29) is 90.9 Å². The molecule has 3 heterocycles. The van der Waals surface area contributed by atoms with Crippen LogP contribution in [-0.2, 0) is 49.4 Å². The summed E-state index contributed by atoms with van der Waals surface area (Å²) in [6.45, 7) is 2.74. The molecule has 0 atom stereocenters. The van der Waals surface area contributed by atoms with Gasteiger partial charge in [0.05, 0.1) is 89.6 Å². The molecule has 12 rings (SSSR count). The van der Waals surface area contributed by atoms with Crippen LogP contribution in [0.3, 0.4) is 0 Å². The van der Waals surface area contributed by atoms with E-state index in [2.05, 4.69) is 15.0 Å². The summed E-state index contributed by atoms with van der Waals surface area (Å²) in [4.78, 5) is 12.9. The van der Waals surface area contributed by atoms with Crippen molar-refractivity contribution in [1.82, 2.24) is 24.1 Å². The molecule has 0 aliphatic heterocycles. The molecule has 98 heavy (non-hydrogen) atoms. The number of halogens is 24. The van der Waals surface area contributed by atoms with E-state index in [9.17, 15) is 57.9 Å². The minimum Gasteiger partial charge on any atom is -0.307 e. The topological polar surface area (TPSA) is 72.3 Å². The molecule has 0 unspecified atom stereocenters. The highest BCUT2D eigenvalue weighted by Crippen LogP contribution is 2.50. The molecule has 0 spiro atoms. The molecule has 0 fully saturated rings. The van der Waals surface area contributed by atoms with Crippen LogP contribution in [0.15, 0.2) is 158 Å². The Hall–Kier alpha value is -10.6. The second-order valence-electron chi connectivity index (χ2n) is 22.4. The zero-order valence-electron chi connectivity index (χ0n) is 48.8. The van der Waals surface area contributed by atoms with E-state index in [1.165, 1.54) is 13.8 Å². The molecule has 6 nitrogen and oxygen atoms in total. The molecular weight excluding hydrogens is 1360 g/mol. The number of hydrogen-bond donors (Lipinski definition) is 0. The first-order chi connectivity index (χ1) is 45.4. The van der Waals surface area contributed by atoms with Crippen LogP contribution in [0.2, 0.25) is 0 Å². The third-order valence-electron chi connectivity index (χ3n) is 16.2. The number of hydrogen-bond acceptors (Lipinski definition) is 4. The lowest BCUT2D eigenvalue weighted by Crippen LogP contribution is -2.12. The number of benzene rings is 9. The Kier molecular flexibility index (Phi) is 15.6. The molecule has 12 aromatic rings. The molecular formula is C68H32F24N6. The van der Waals surface area contributed by atoms with Crippen molar-refractivity contribution in [2.24, 2.45) is 0 Å². The van der Waals surface area contributed by atoms with Gasteiger partial charge >= 0.3 is 49.4 Å². The molecule has 30 heteroatoms. The lowest BCUT2D eigenvalue weighted by molar-refractivity contribution is -0.144. The summed E-state index contributed by atoms with van der Waals surface area (Å²) in [5.74, 6) is -0.392. The fourth-order valence-corrected chi connectivity index (χ4v) is 12.0. The highest BCUT2D eigenvalue weighted by Gasteiger charge is 2.43. The summed E-state index contributed by atoms with van der Waals surface area (Å²) in [6, 6.07) is 18.9. The SMILES string of the molecule is Cc1nc(C)nc(-c2cc(-n3c4cc(-c5ccc(C(F)(F)F)cc5C(F)(F)F)ccc4c4ccc(-c5ccc(C(F)(F)F)cc5C(F)(F)F)cc43)c(-n3c4cc(-c5ccc(C(F)(F)F)cc5C(F)(F)F)ccc4c4ccc(-c5ccc(C(F)(F)F)cc5C(F)(F)F)cc43)cc2C#N)n1. The van der Waals surface area contributed by atoms with Gasteiger partial charge in [-0.25, -0.2) is 15.0 Å². The Morgan fingerprint density at radius 1 is 0.286 bits per heavy atom. The first-order valence-corrected chi connectivity index (χ1v) is 28.0. The lowest BCUT2D eigenvalue weighted by Gasteiger charge is -2.21. The summed E-state index contributed by atoms with van der Waals surface area (Å²) in [7, 11) is 0. The first-order valence-electron chi connectivity index (χ1n) is 28.0. The number of aryl methyl sites for hydroxylation is 2. The summed E-state index contributed by atoms with van der Waals surface area (Å²) in [5.41, 5.74) is -23.5. The number of nitriles is 1. The van der Waals surface area contributed by atoms with E-state index in [1.54, 1.807) is 0 Å². The van der Waals surface area contributed by atoms with Crippen LogP contribution >= 0.6 is 0 Å². The fraction of sp³-hybridized carbons (Fsp3) is 0.147. The molecule has 0 amide bonds. The van der Waals surface area contributed by atoms with Crippen molar-refractivity contribution in [2.75, 3.05) is 0 Å². The molecule has 0 bridgehead atoms. The van der Waals surface area contributed by atoms with Crippen molar-refractivity contribution >= 4 is 43.6 Å². The summed E-state index contributed by atoms with van der Waals surface area (Å²) in [5, 5.41) is 10.9. The number of rotatable bonds is 7. The number of alkyl halides is 24. The van der Waals surface area contributed by atoms with Gasteiger partial charge in [-0.1, -0.05) is 72.8 Å². The lowest BCUT2D eigenvalue weighted by atomic mass is 9.95. The van der Waals surface area contributed by atoms with Gasteiger partial charge in [-0.3, -0.25) is 0 Å². The average molecular weight is 1390 g/mol. The van der Waals surface area contributed by atoms with Crippen LogP contribution < -0.4 is 0 Å². The largest absolute Gasteiger partial charge is 0.417 e. The molecule has 9 aromatic carbocycles. The third kappa shape index (κ3) is 12.2. The Morgan fingerprint density at radius 2 is 0.541 bits per heavy atom. The van der Waals surface area contributed by atoms with Crippen LogP contribution in [0.25, 0.3) is 111 Å². The van der Waals surface area contributed by atoms with Crippen LogP contribution in [0.4, 0.5) is 105 Å². The predicted octanol–water partition coefficient (Wildman–Crippen LogP) is 23.0. The number of aromatic nitrogens is 5. The first kappa shape index (κ1) is 67.4. The predicted molar refractivity (Wildman–Crippen MR) is 310 cm³/mol. The van der Waals surface area contributed by atoms with Crippen LogP contribution in [-0.4, -0.2) is 24.1 Å². The minimum atomic E-state index is -5.56. The van der Waals surface area contributed by atoms with Gasteiger partial charge < -0.3 is 9.13 Å². The normalized spacial score (nSPS) is 13.2. The van der Waals surface area contributed by atoms with Crippen molar-refractivity contribution in [3.8, 4) is 73.3 Å². The quantitative estimate of drug-likeness (QED) is 0.149. The minimum absolute atomic E-state index is 0.0207. The number of fused-ring (bicyclic) bond motifs is 6. The van der Waals surface area contributed by atoms with Gasteiger partial charge in [0, 0.05) is 27.1 Å². The van der Waals surface area contributed by atoms with Gasteiger partial charge in [-0.15, -0.1) is 0 Å². The molecule has 502 valence electrons. The molecule has 0 aliphatic rings. The Bertz CT molecular complexity index is 5030. The van der Waals surface area contributed by atoms with Gasteiger partial charge in [0.25, 0.3) is 0 Å². The Balaban J connectivity index is 1.29. The molecule has 0 saturated heterocycles. The van der Waals surface area contributed by atoms with Gasteiger partial charge in [0.15, 0.2) is 5.82 Å². The molecule has 0 radical (unpaired) electrons. The summed E-state index contributed by atoms with van der Waals surface area (Å²) < 4.78 is 353. The highest BCUT2D eigenvalue weighted by molar-refractivity contribution is 6.14. The standard InChI is InChI=1S/C68H32F24N6/c1-30-94-31(2)96-60(95-30)49-28-59(98-56-21-34(43-17-9-39(63(75,76)77)26-52(43)67(87,88)89)5-13-47(56)48-14-6-35(22-57(48)98)44-18-10-40(64(78,79)80)27-53(44)68(90,91)92)58(23-36(49)29-93)97-54-19-32(41-15-7-37(61(69,70)71)24-50(41)65(81,82)83)3-11-45(54)46-12-4-33(20-55(46)97)42-16-8-38(62(72,73)74)25-51(42)66(84,85)86/h3-28H,1-2H3. The highest BCUT2D eigenvalue weighted by atomic mass is 19.4. The maximum absolute atomic E-state index is 15.1. The van der Waals surface area contributed by atoms with E-state index in [0.29, 0.717) is 48.5 Å². The van der Waals surface area contributed by atoms with Gasteiger partial charge in [-0.05, 0) is 143 Å². The van der Waals surface area contributed by atoms with E-state index < -0.39 is 155 Å². The van der Waals surface area contributed by atoms with Gasteiger partial charge in [0.2, 0.25) is 0 Å². The smallest absolute Gasteiger partial charge is 0.307 e. The van der Waals surface area contributed by atoms with Crippen LogP contribution in [0.1, 0.15) is 61.7 Å². The van der Waals surface area contributed by atoms with E-state index in [0.717, 1.165) is 94.1 Å². The van der Waals surface area contributed by atoms with Crippen LogP contribution in [0.5, 0.6) is 0 Å². The maximum atomic E-state index is 15.1. The van der Waals surface area contributed by atoms with Crippen molar-refractivity contribution in [3.05, 3.63) is 219 Å². The molecule has 0 saturated carbocycles. The Labute approximate surface area is 532 Å². The molecule has 0 aliphatic carbocycles. The second kappa shape index (κ2) is 22.8.